The van der Waals surface area contributed by atoms with Gasteiger partial charge >= 0.3 is 1.43 Å². The lowest BCUT2D eigenvalue weighted by Crippen LogP contribution is -2.70. The Morgan fingerprint density at radius 1 is 1.29 bits per heavy atom. The topological polar surface area (TPSA) is 93.1 Å². The molecule has 1 saturated heterocycles. The monoisotopic (exact) mass is 435 g/mol. The Hall–Kier alpha value is -1.41. The summed E-state index contributed by atoms with van der Waals surface area (Å²) in [6.07, 6.45) is 4.00. The first-order valence-electron chi connectivity index (χ1n) is 11.2. The van der Waals surface area contributed by atoms with Crippen LogP contribution in [0.4, 0.5) is 4.39 Å². The van der Waals surface area contributed by atoms with Gasteiger partial charge in [0.25, 0.3) is 0 Å². The van der Waals surface area contributed by atoms with Crippen LogP contribution in [0.5, 0.6) is 0 Å². The van der Waals surface area contributed by atoms with E-state index in [0.717, 1.165) is 5.57 Å². The molecule has 2 N–H and O–H groups in total. The number of fused-ring (bicyclic) bond motifs is 7. The van der Waals surface area contributed by atoms with Crippen molar-refractivity contribution in [3.8, 4) is 0 Å². The Kier molecular flexibility index (Phi) is 4.24. The van der Waals surface area contributed by atoms with E-state index >= 15 is 4.39 Å². The molecule has 4 aliphatic carbocycles. The van der Waals surface area contributed by atoms with E-state index < -0.39 is 58.4 Å². The largest absolute Gasteiger partial charge is 1.00 e. The number of aliphatic hydroxyl groups excluding tert-OH is 2. The fourth-order valence-corrected chi connectivity index (χ4v) is 7.93. The number of rotatable bonds is 2. The van der Waals surface area contributed by atoms with Gasteiger partial charge in [0.1, 0.15) is 6.61 Å². The van der Waals surface area contributed by atoms with Crippen molar-refractivity contribution in [2.24, 2.45) is 22.7 Å². The Morgan fingerprint density at radius 2 is 2.00 bits per heavy atom. The van der Waals surface area contributed by atoms with Gasteiger partial charge in [0.2, 0.25) is 0 Å². The zero-order valence-electron chi connectivity index (χ0n) is 19.5. The van der Waals surface area contributed by atoms with Gasteiger partial charge in [-0.25, -0.2) is 4.39 Å². The van der Waals surface area contributed by atoms with E-state index in [1.807, 2.05) is 6.92 Å². The van der Waals surface area contributed by atoms with Crippen molar-refractivity contribution in [1.29, 1.82) is 0 Å². The lowest BCUT2D eigenvalue weighted by atomic mass is 9.44. The predicted molar refractivity (Wildman–Crippen MR) is 110 cm³/mol. The lowest BCUT2D eigenvalue weighted by Gasteiger charge is -2.62. The van der Waals surface area contributed by atoms with Crippen LogP contribution in [0.25, 0.3) is 0 Å². The summed E-state index contributed by atoms with van der Waals surface area (Å²) in [5.41, 5.74) is -4.66. The van der Waals surface area contributed by atoms with Gasteiger partial charge in [-0.05, 0) is 64.5 Å². The first-order chi connectivity index (χ1) is 14.4. The summed E-state index contributed by atoms with van der Waals surface area (Å²) in [4.78, 5) is 25.1. The molecule has 0 aromatic heterocycles. The highest BCUT2D eigenvalue weighted by Gasteiger charge is 2.79. The second kappa shape index (κ2) is 6.13. The van der Waals surface area contributed by atoms with Crippen molar-refractivity contribution in [3.05, 3.63) is 23.8 Å². The molecule has 0 unspecified atom stereocenters. The number of aliphatic hydroxyl groups is 2. The number of allylic oxidation sites excluding steroid dienone is 4. The minimum Gasteiger partial charge on any atom is -0.390 e. The van der Waals surface area contributed by atoms with E-state index in [-0.39, 0.29) is 19.5 Å². The molecule has 3 saturated carbocycles. The Labute approximate surface area is 183 Å². The minimum atomic E-state index is -1.98. The van der Waals surface area contributed by atoms with Gasteiger partial charge in [0, 0.05) is 16.7 Å². The van der Waals surface area contributed by atoms with Crippen molar-refractivity contribution < 1.29 is 35.1 Å². The van der Waals surface area contributed by atoms with Crippen LogP contribution >= 0.6 is 0 Å². The minimum absolute atomic E-state index is 0. The number of ketones is 2. The summed E-state index contributed by atoms with van der Waals surface area (Å²) in [6.45, 7) is 6.41. The van der Waals surface area contributed by atoms with Gasteiger partial charge in [-0.2, -0.15) is 0 Å². The molecule has 8 atom stereocenters. The highest BCUT2D eigenvalue weighted by Crippen LogP contribution is 2.72. The van der Waals surface area contributed by atoms with Crippen LogP contribution in [0, 0.1) is 22.7 Å². The molecule has 0 bridgehead atoms. The number of carbonyl (C=O) groups is 2. The lowest BCUT2D eigenvalue weighted by molar-refractivity contribution is -0.246. The molecular weight excluding hydrogens is 403 g/mol. The van der Waals surface area contributed by atoms with Gasteiger partial charge < -0.3 is 19.7 Å². The normalized spacial score (nSPS) is 52.1. The summed E-state index contributed by atoms with van der Waals surface area (Å²) in [5.74, 6) is -2.46. The maximum absolute atomic E-state index is 17.1. The fourth-order valence-electron chi connectivity index (χ4n) is 7.93. The van der Waals surface area contributed by atoms with Gasteiger partial charge in [0.05, 0.1) is 12.2 Å². The second-order valence-electron chi connectivity index (χ2n) is 10.9. The number of hydrogen-bond acceptors (Lipinski definition) is 6. The molecule has 0 spiro atoms. The van der Waals surface area contributed by atoms with Crippen molar-refractivity contribution in [2.45, 2.75) is 82.6 Å². The highest BCUT2D eigenvalue weighted by molar-refractivity contribution is 6.01. The van der Waals surface area contributed by atoms with Crippen LogP contribution < -0.4 is 0 Å². The van der Waals surface area contributed by atoms with Gasteiger partial charge in [0.15, 0.2) is 28.6 Å². The molecule has 5 rings (SSSR count). The van der Waals surface area contributed by atoms with E-state index in [0.29, 0.717) is 19.3 Å². The third-order valence-electron chi connectivity index (χ3n) is 9.19. The zero-order chi connectivity index (χ0) is 22.6. The summed E-state index contributed by atoms with van der Waals surface area (Å²) in [5, 5.41) is 21.2. The van der Waals surface area contributed by atoms with Crippen molar-refractivity contribution >= 4 is 11.6 Å². The number of halogens is 1. The summed E-state index contributed by atoms with van der Waals surface area (Å²) in [7, 11) is 0. The molecule has 1 aliphatic heterocycles. The van der Waals surface area contributed by atoms with E-state index in [4.69, 9.17) is 9.47 Å². The van der Waals surface area contributed by atoms with Crippen LogP contribution in [0.15, 0.2) is 23.8 Å². The van der Waals surface area contributed by atoms with E-state index in [1.165, 1.54) is 12.2 Å². The third-order valence-corrected chi connectivity index (χ3v) is 9.19. The molecule has 4 fully saturated rings. The third kappa shape index (κ3) is 2.31. The number of ether oxygens (including phenoxy) is 2. The van der Waals surface area contributed by atoms with E-state index in [9.17, 15) is 19.8 Å². The zero-order valence-corrected chi connectivity index (χ0v) is 18.5. The number of Topliss-reactive ketones (excluding diaryl/α,β-unsaturated/α-hetero) is 1. The number of hydrogen-bond donors (Lipinski definition) is 2. The average Bonchev–Trinajstić information content (AvgIpc) is 3.09. The van der Waals surface area contributed by atoms with E-state index in [2.05, 4.69) is 0 Å². The first-order valence-corrected chi connectivity index (χ1v) is 11.2. The fraction of sp³-hybridized carbons (Fsp3) is 0.750. The number of alkyl halides is 1. The van der Waals surface area contributed by atoms with Gasteiger partial charge in [-0.1, -0.05) is 18.6 Å². The van der Waals surface area contributed by atoms with Crippen LogP contribution in [-0.4, -0.2) is 57.7 Å². The molecule has 7 heteroatoms. The molecule has 31 heavy (non-hydrogen) atoms. The van der Waals surface area contributed by atoms with E-state index in [1.54, 1.807) is 26.8 Å². The first kappa shape index (κ1) is 21.4. The average molecular weight is 436 g/mol. The standard InChI is InChI=1S/C24H31FO6/c1-20(2)30-19-10-16-15-6-5-13-9-14(27)7-8-21(13,3)23(15,25)17(28)11-22(16,4)24(19,31-20)18(29)12-26/h7-9,15-17,19,26,28H,5-6,10-12H2,1-4H3/p+1/t15-,16-,17-,19+,21-,22-,23-,24+/m0/s1. The van der Waals surface area contributed by atoms with Crippen LogP contribution in [-0.2, 0) is 19.1 Å². The molecule has 1 heterocycles. The SMILES string of the molecule is CC1(C)O[C@@H]2C[C@H]3[C@@H]4CCC5=CC(=O)C=C[C@]5(C)[C@@]4(F)[C@@H](O)C[C@]3(C)[C@]2(C(=O)CO)O1.[H+]. The summed E-state index contributed by atoms with van der Waals surface area (Å²) < 4.78 is 29.5. The Morgan fingerprint density at radius 3 is 2.68 bits per heavy atom. The van der Waals surface area contributed by atoms with Crippen LogP contribution in [0.2, 0.25) is 0 Å². The van der Waals surface area contributed by atoms with Crippen molar-refractivity contribution in [1.82, 2.24) is 0 Å². The van der Waals surface area contributed by atoms with Crippen molar-refractivity contribution in [2.75, 3.05) is 6.61 Å². The molecule has 0 aromatic carbocycles. The van der Waals surface area contributed by atoms with Crippen molar-refractivity contribution in [3.63, 3.8) is 0 Å². The van der Waals surface area contributed by atoms with Gasteiger partial charge in [-0.15, -0.1) is 0 Å². The van der Waals surface area contributed by atoms with Crippen LogP contribution in [0.3, 0.4) is 0 Å². The highest BCUT2D eigenvalue weighted by atomic mass is 19.1. The quantitative estimate of drug-likeness (QED) is 0.693. The second-order valence-corrected chi connectivity index (χ2v) is 10.9. The maximum atomic E-state index is 17.1. The molecule has 0 radical (unpaired) electrons. The van der Waals surface area contributed by atoms with Gasteiger partial charge in [-0.3, -0.25) is 9.59 Å². The molecule has 0 amide bonds. The smallest absolute Gasteiger partial charge is 0.390 e. The summed E-state index contributed by atoms with van der Waals surface area (Å²) >= 11 is 0. The maximum Gasteiger partial charge on any atom is 1.00 e. The molecular formula is C24H32FO6+. The Bertz CT molecular complexity index is 931. The molecule has 0 aromatic rings. The molecule has 6 nitrogen and oxygen atoms in total. The summed E-state index contributed by atoms with van der Waals surface area (Å²) in [6, 6.07) is 0. The van der Waals surface area contributed by atoms with Crippen LogP contribution in [0.1, 0.15) is 54.8 Å². The predicted octanol–water partition coefficient (Wildman–Crippen LogP) is 2.53. The Balaban J connectivity index is 0.00000245. The molecule has 170 valence electrons. The molecule has 5 aliphatic rings. The number of carbonyl (C=O) groups excluding carboxylic acids is 2.